The van der Waals surface area contributed by atoms with Crippen molar-refractivity contribution < 1.29 is 14.3 Å². The Kier molecular flexibility index (Phi) is 6.42. The summed E-state index contributed by atoms with van der Waals surface area (Å²) in [5.41, 5.74) is 1.44. The summed E-state index contributed by atoms with van der Waals surface area (Å²) in [4.78, 5) is 52.4. The standard InChI is InChI=1S/C28H24N4O5/c1-2-37-24(33)17-32-25-22-15-20(12-10-18(22)11-13-23(25)30-27(35)28(32)36)31-14-6-9-21(31)16-29-26(34)19-7-4-3-5-8-19/h3-15H,2,16-17H2,1H3,(H,29,34)(H,30,35). The van der Waals surface area contributed by atoms with Gasteiger partial charge < -0.3 is 19.6 Å². The molecule has 0 saturated carbocycles. The summed E-state index contributed by atoms with van der Waals surface area (Å²) in [5.74, 6) is -0.781. The van der Waals surface area contributed by atoms with Crippen molar-refractivity contribution in [3.63, 3.8) is 0 Å². The Morgan fingerprint density at radius 2 is 1.76 bits per heavy atom. The maximum atomic E-state index is 12.8. The first-order valence-electron chi connectivity index (χ1n) is 11.8. The first-order valence-corrected chi connectivity index (χ1v) is 11.8. The zero-order valence-electron chi connectivity index (χ0n) is 20.1. The van der Waals surface area contributed by atoms with E-state index in [1.165, 1.54) is 0 Å². The summed E-state index contributed by atoms with van der Waals surface area (Å²) in [6, 6.07) is 22.0. The Morgan fingerprint density at radius 1 is 0.973 bits per heavy atom. The highest BCUT2D eigenvalue weighted by molar-refractivity contribution is 6.05. The molecule has 186 valence electrons. The number of carbonyl (C=O) groups is 2. The minimum absolute atomic E-state index is 0.164. The highest BCUT2D eigenvalue weighted by Gasteiger charge is 2.16. The van der Waals surface area contributed by atoms with Crippen LogP contribution in [0.3, 0.4) is 0 Å². The molecule has 0 fully saturated rings. The number of carbonyl (C=O) groups excluding carboxylic acids is 2. The van der Waals surface area contributed by atoms with E-state index in [0.717, 1.165) is 21.3 Å². The van der Waals surface area contributed by atoms with E-state index >= 15 is 0 Å². The van der Waals surface area contributed by atoms with E-state index in [1.807, 2.05) is 65.4 Å². The van der Waals surface area contributed by atoms with Crippen LogP contribution in [-0.2, 0) is 22.6 Å². The molecule has 5 aromatic rings. The Labute approximate surface area is 210 Å². The van der Waals surface area contributed by atoms with E-state index < -0.39 is 17.1 Å². The lowest BCUT2D eigenvalue weighted by Crippen LogP contribution is -2.38. The summed E-state index contributed by atoms with van der Waals surface area (Å²) in [6.07, 6.45) is 1.88. The number of nitrogens with one attached hydrogen (secondary N) is 2. The molecule has 3 aromatic carbocycles. The van der Waals surface area contributed by atoms with E-state index in [0.29, 0.717) is 28.5 Å². The third-order valence-electron chi connectivity index (χ3n) is 6.10. The first-order chi connectivity index (χ1) is 18.0. The predicted octanol–water partition coefficient (Wildman–Crippen LogP) is 3.13. The van der Waals surface area contributed by atoms with Crippen molar-refractivity contribution in [3.8, 4) is 5.69 Å². The topological polar surface area (TPSA) is 115 Å². The predicted molar refractivity (Wildman–Crippen MR) is 140 cm³/mol. The quantitative estimate of drug-likeness (QED) is 0.204. The molecular weight excluding hydrogens is 472 g/mol. The minimum atomic E-state index is -0.830. The number of ether oxygens (including phenoxy) is 1. The van der Waals surface area contributed by atoms with Gasteiger partial charge >= 0.3 is 17.1 Å². The highest BCUT2D eigenvalue weighted by Crippen LogP contribution is 2.26. The van der Waals surface area contributed by atoms with Crippen molar-refractivity contribution in [2.75, 3.05) is 6.61 Å². The van der Waals surface area contributed by atoms with E-state index in [4.69, 9.17) is 4.74 Å². The molecule has 5 rings (SSSR count). The lowest BCUT2D eigenvalue weighted by atomic mass is 10.1. The number of hydrogen-bond acceptors (Lipinski definition) is 5. The van der Waals surface area contributed by atoms with Crippen LogP contribution < -0.4 is 16.4 Å². The molecule has 0 aliphatic heterocycles. The van der Waals surface area contributed by atoms with E-state index in [9.17, 15) is 19.2 Å². The number of rotatable bonds is 7. The molecule has 0 aliphatic rings. The molecule has 0 bridgehead atoms. The van der Waals surface area contributed by atoms with Crippen LogP contribution in [0.1, 0.15) is 23.0 Å². The lowest BCUT2D eigenvalue weighted by molar-refractivity contribution is -0.143. The third-order valence-corrected chi connectivity index (χ3v) is 6.10. The molecule has 0 spiro atoms. The molecule has 37 heavy (non-hydrogen) atoms. The normalized spacial score (nSPS) is 11.1. The minimum Gasteiger partial charge on any atom is -0.465 e. The zero-order valence-corrected chi connectivity index (χ0v) is 20.1. The largest absolute Gasteiger partial charge is 0.465 e. The number of H-pyrrole nitrogens is 1. The second-order valence-corrected chi connectivity index (χ2v) is 8.44. The van der Waals surface area contributed by atoms with Crippen molar-refractivity contribution in [1.29, 1.82) is 0 Å². The molecule has 0 saturated heterocycles. The molecule has 1 amide bonds. The van der Waals surface area contributed by atoms with Crippen LogP contribution >= 0.6 is 0 Å². The average Bonchev–Trinajstić information content (AvgIpc) is 3.38. The smallest absolute Gasteiger partial charge is 0.326 e. The second-order valence-electron chi connectivity index (χ2n) is 8.44. The van der Waals surface area contributed by atoms with Crippen LogP contribution in [0.5, 0.6) is 0 Å². The van der Waals surface area contributed by atoms with Crippen LogP contribution in [0.25, 0.3) is 27.5 Å². The molecule has 9 heteroatoms. The Bertz CT molecular complexity index is 1750. The number of aromatic amines is 1. The number of fused-ring (bicyclic) bond motifs is 3. The lowest BCUT2D eigenvalue weighted by Gasteiger charge is -2.14. The van der Waals surface area contributed by atoms with E-state index in [-0.39, 0.29) is 19.1 Å². The van der Waals surface area contributed by atoms with Gasteiger partial charge in [-0.3, -0.25) is 23.7 Å². The van der Waals surface area contributed by atoms with Crippen LogP contribution in [0.15, 0.2) is 88.6 Å². The van der Waals surface area contributed by atoms with Gasteiger partial charge in [0.1, 0.15) is 6.54 Å². The van der Waals surface area contributed by atoms with E-state index in [1.54, 1.807) is 25.1 Å². The molecule has 0 aliphatic carbocycles. The van der Waals surface area contributed by atoms with Crippen molar-refractivity contribution in [2.45, 2.75) is 20.0 Å². The van der Waals surface area contributed by atoms with Crippen molar-refractivity contribution in [1.82, 2.24) is 19.4 Å². The summed E-state index contributed by atoms with van der Waals surface area (Å²) >= 11 is 0. The fourth-order valence-electron chi connectivity index (χ4n) is 4.39. The van der Waals surface area contributed by atoms with Gasteiger partial charge in [-0.25, -0.2) is 0 Å². The molecular formula is C28H24N4O5. The number of esters is 1. The number of nitrogens with zero attached hydrogens (tertiary/aromatic N) is 2. The van der Waals surface area contributed by atoms with Gasteiger partial charge in [0.05, 0.1) is 24.2 Å². The maximum Gasteiger partial charge on any atom is 0.326 e. The molecule has 0 atom stereocenters. The SMILES string of the molecule is CCOC(=O)Cn1c(=O)c(=O)[nH]c2ccc3ccc(-n4cccc4CNC(=O)c4ccccc4)cc3c21. The van der Waals surface area contributed by atoms with Crippen LogP contribution in [0.4, 0.5) is 0 Å². The van der Waals surface area contributed by atoms with Gasteiger partial charge in [-0.1, -0.05) is 30.3 Å². The van der Waals surface area contributed by atoms with Crippen LogP contribution in [0, 0.1) is 0 Å². The Balaban J connectivity index is 1.57. The number of aromatic nitrogens is 3. The van der Waals surface area contributed by atoms with Gasteiger partial charge in [-0.2, -0.15) is 0 Å². The summed E-state index contributed by atoms with van der Waals surface area (Å²) in [6.45, 7) is 1.76. The molecule has 9 nitrogen and oxygen atoms in total. The number of benzene rings is 3. The zero-order chi connectivity index (χ0) is 25.9. The third kappa shape index (κ3) is 4.66. The molecule has 0 radical (unpaired) electrons. The fourth-order valence-corrected chi connectivity index (χ4v) is 4.39. The Hall–Kier alpha value is -4.92. The second kappa shape index (κ2) is 9.98. The van der Waals surface area contributed by atoms with Gasteiger partial charge in [-0.05, 0) is 54.8 Å². The number of amides is 1. The average molecular weight is 497 g/mol. The van der Waals surface area contributed by atoms with Gasteiger partial charge in [0.25, 0.3) is 5.91 Å². The van der Waals surface area contributed by atoms with Crippen molar-refractivity contribution in [2.24, 2.45) is 0 Å². The number of hydrogen-bond donors (Lipinski definition) is 2. The van der Waals surface area contributed by atoms with E-state index in [2.05, 4.69) is 10.3 Å². The summed E-state index contributed by atoms with van der Waals surface area (Å²) in [5, 5.41) is 4.44. The summed E-state index contributed by atoms with van der Waals surface area (Å²) < 4.78 is 8.12. The van der Waals surface area contributed by atoms with Gasteiger partial charge in [0.15, 0.2) is 0 Å². The molecule has 0 unspecified atom stereocenters. The van der Waals surface area contributed by atoms with Gasteiger partial charge in [0.2, 0.25) is 0 Å². The Morgan fingerprint density at radius 3 is 2.54 bits per heavy atom. The molecule has 2 aromatic heterocycles. The van der Waals surface area contributed by atoms with Gasteiger partial charge in [0, 0.05) is 28.5 Å². The van der Waals surface area contributed by atoms with Gasteiger partial charge in [-0.15, -0.1) is 0 Å². The van der Waals surface area contributed by atoms with Crippen molar-refractivity contribution >= 4 is 33.7 Å². The monoisotopic (exact) mass is 496 g/mol. The molecule has 2 heterocycles. The maximum absolute atomic E-state index is 12.8. The van der Waals surface area contributed by atoms with Crippen molar-refractivity contribution in [3.05, 3.63) is 111 Å². The summed E-state index contributed by atoms with van der Waals surface area (Å²) in [7, 11) is 0. The van der Waals surface area contributed by atoms with Crippen LogP contribution in [-0.4, -0.2) is 32.6 Å². The fraction of sp³-hybridized carbons (Fsp3) is 0.143. The first kappa shape index (κ1) is 23.8. The highest BCUT2D eigenvalue weighted by atomic mass is 16.5. The van der Waals surface area contributed by atoms with Crippen LogP contribution in [0.2, 0.25) is 0 Å². The molecule has 2 N–H and O–H groups in total.